The zero-order valence-electron chi connectivity index (χ0n) is 16.9. The van der Waals surface area contributed by atoms with Crippen LogP contribution in [0, 0.1) is 0 Å². The molecule has 0 aromatic carbocycles. The molecule has 0 aromatic heterocycles. The maximum atomic E-state index is 6.44. The summed E-state index contributed by atoms with van der Waals surface area (Å²) in [6, 6.07) is 0. The van der Waals surface area contributed by atoms with Gasteiger partial charge in [-0.2, -0.15) is 0 Å². The predicted molar refractivity (Wildman–Crippen MR) is 102 cm³/mol. The van der Waals surface area contributed by atoms with Crippen molar-refractivity contribution < 1.29 is 25.3 Å². The minimum absolute atomic E-state index is 0.335. The van der Waals surface area contributed by atoms with Gasteiger partial charge in [-0.05, 0) is 53.6 Å². The van der Waals surface area contributed by atoms with Crippen molar-refractivity contribution in [2.75, 3.05) is 0 Å². The summed E-state index contributed by atoms with van der Waals surface area (Å²) in [5.74, 6) is 0. The van der Waals surface area contributed by atoms with Crippen molar-refractivity contribution in [2.45, 2.75) is 91.8 Å². The molecule has 1 rings (SSSR count). The second-order valence-corrected chi connectivity index (χ2v) is 16.6. The fourth-order valence-corrected chi connectivity index (χ4v) is 16.0. The molecule has 1 heterocycles. The van der Waals surface area contributed by atoms with Gasteiger partial charge in [-0.3, -0.25) is 0 Å². The van der Waals surface area contributed by atoms with E-state index in [2.05, 4.69) is 13.8 Å². The maximum Gasteiger partial charge on any atom is 0.481 e. The van der Waals surface area contributed by atoms with Crippen LogP contribution in [0.25, 0.3) is 0 Å². The maximum absolute atomic E-state index is 6.44. The van der Waals surface area contributed by atoms with Crippen LogP contribution in [-0.2, 0) is 25.3 Å². The van der Waals surface area contributed by atoms with Gasteiger partial charge in [0, 0.05) is 13.1 Å². The topological polar surface area (TPSA) is 55.4 Å². The Morgan fingerprint density at radius 2 is 1.12 bits per heavy atom. The Labute approximate surface area is 153 Å². The third-order valence-corrected chi connectivity index (χ3v) is 16.3. The fraction of sp³-hybridized carbons (Fsp3) is 1.00. The Morgan fingerprint density at radius 3 is 1.42 bits per heavy atom. The van der Waals surface area contributed by atoms with E-state index in [0.29, 0.717) is 0 Å². The van der Waals surface area contributed by atoms with Gasteiger partial charge in [0.05, 0.1) is 11.2 Å². The van der Waals surface area contributed by atoms with Gasteiger partial charge in [0.2, 0.25) is 0 Å². The first-order valence-corrected chi connectivity index (χ1v) is 16.7. The standard InChI is InChI=1S/C14H34O6Si4/c1-11-13(3,4)15-23(9)18-21(7)17-22(8)19-24(10,20-23)16-14(5,6)12-2/h11-12H2,1-10H3. The van der Waals surface area contributed by atoms with Gasteiger partial charge in [-0.1, -0.05) is 13.8 Å². The first kappa shape index (κ1) is 22.7. The van der Waals surface area contributed by atoms with Crippen molar-refractivity contribution in [3.8, 4) is 0 Å². The molecule has 2 atom stereocenters. The van der Waals surface area contributed by atoms with Crippen molar-refractivity contribution in [1.29, 1.82) is 0 Å². The van der Waals surface area contributed by atoms with Gasteiger partial charge in [-0.15, -0.1) is 0 Å². The molecule has 6 nitrogen and oxygen atoms in total. The second-order valence-electron chi connectivity index (χ2n) is 7.55. The van der Waals surface area contributed by atoms with E-state index >= 15 is 0 Å². The van der Waals surface area contributed by atoms with Crippen molar-refractivity contribution in [2.24, 2.45) is 0 Å². The predicted octanol–water partition coefficient (Wildman–Crippen LogP) is 3.85. The van der Waals surface area contributed by atoms with Crippen molar-refractivity contribution in [1.82, 2.24) is 0 Å². The molecule has 2 radical (unpaired) electrons. The van der Waals surface area contributed by atoms with E-state index in [4.69, 9.17) is 25.3 Å². The fourth-order valence-electron chi connectivity index (χ4n) is 2.38. The molecule has 0 aromatic rings. The first-order valence-electron chi connectivity index (χ1n) is 8.57. The molecule has 0 amide bonds. The monoisotopic (exact) mass is 410 g/mol. The first-order chi connectivity index (χ1) is 10.7. The lowest BCUT2D eigenvalue weighted by atomic mass is 10.1. The Hall–Kier alpha value is 0.628. The molecule has 0 spiro atoms. The molecule has 1 aliphatic rings. The van der Waals surface area contributed by atoms with Crippen LogP contribution in [0.15, 0.2) is 0 Å². The largest absolute Gasteiger partial charge is 0.481 e. The van der Waals surface area contributed by atoms with Crippen molar-refractivity contribution in [3.63, 3.8) is 0 Å². The van der Waals surface area contributed by atoms with Crippen LogP contribution in [0.2, 0.25) is 26.2 Å². The summed E-state index contributed by atoms with van der Waals surface area (Å²) in [5, 5.41) is 0. The van der Waals surface area contributed by atoms with Crippen LogP contribution < -0.4 is 0 Å². The van der Waals surface area contributed by atoms with E-state index in [-0.39, 0.29) is 11.2 Å². The molecule has 0 aliphatic carbocycles. The Bertz CT molecular complexity index is 388. The van der Waals surface area contributed by atoms with Gasteiger partial charge in [-0.25, -0.2) is 0 Å². The smallest absolute Gasteiger partial charge is 0.414 e. The molecule has 1 aliphatic heterocycles. The third-order valence-electron chi connectivity index (χ3n) is 3.94. The van der Waals surface area contributed by atoms with E-state index in [1.807, 2.05) is 53.9 Å². The van der Waals surface area contributed by atoms with Gasteiger partial charge in [0.15, 0.2) is 0 Å². The molecule has 1 fully saturated rings. The van der Waals surface area contributed by atoms with Crippen LogP contribution >= 0.6 is 0 Å². The molecule has 10 heteroatoms. The Morgan fingerprint density at radius 1 is 0.792 bits per heavy atom. The van der Waals surface area contributed by atoms with E-state index < -0.39 is 36.2 Å². The minimum Gasteiger partial charge on any atom is -0.414 e. The molecular formula is C14H34O6Si4. The number of hydrogen-bond acceptors (Lipinski definition) is 6. The van der Waals surface area contributed by atoms with Gasteiger partial charge in [0.1, 0.15) is 0 Å². The van der Waals surface area contributed by atoms with Crippen molar-refractivity contribution in [3.05, 3.63) is 0 Å². The highest BCUT2D eigenvalue weighted by Gasteiger charge is 2.55. The highest BCUT2D eigenvalue weighted by molar-refractivity contribution is 6.82. The quantitative estimate of drug-likeness (QED) is 0.620. The zero-order chi connectivity index (χ0) is 18.8. The van der Waals surface area contributed by atoms with Gasteiger partial charge < -0.3 is 25.3 Å². The third kappa shape index (κ3) is 7.09. The normalized spacial score (nSPS) is 31.8. The Balaban J connectivity index is 3.10. The molecule has 2 unspecified atom stereocenters. The van der Waals surface area contributed by atoms with E-state index in [1.165, 1.54) is 0 Å². The second kappa shape index (κ2) is 8.11. The summed E-state index contributed by atoms with van der Waals surface area (Å²) in [5.41, 5.74) is -0.671. The summed E-state index contributed by atoms with van der Waals surface area (Å²) in [6.07, 6.45) is 1.72. The van der Waals surface area contributed by atoms with Crippen LogP contribution in [0.3, 0.4) is 0 Å². The van der Waals surface area contributed by atoms with Gasteiger partial charge in [0.25, 0.3) is 0 Å². The van der Waals surface area contributed by atoms with Crippen LogP contribution in [0.5, 0.6) is 0 Å². The van der Waals surface area contributed by atoms with E-state index in [9.17, 15) is 0 Å². The van der Waals surface area contributed by atoms with Gasteiger partial charge >= 0.3 is 36.2 Å². The molecule has 0 N–H and O–H groups in total. The summed E-state index contributed by atoms with van der Waals surface area (Å²) >= 11 is 0. The van der Waals surface area contributed by atoms with Crippen LogP contribution in [0.1, 0.15) is 54.4 Å². The minimum atomic E-state index is -2.97. The molecular weight excluding hydrogens is 376 g/mol. The lowest BCUT2D eigenvalue weighted by Gasteiger charge is -2.45. The Kier molecular flexibility index (Phi) is 7.66. The average molecular weight is 411 g/mol. The molecule has 1 saturated heterocycles. The SMILES string of the molecule is CCC(C)(C)O[Si]1(C)O[Si](C)O[Si](C)O[Si](C)(OC(C)(C)CC)O1. The molecule has 0 saturated carbocycles. The summed E-state index contributed by atoms with van der Waals surface area (Å²) < 4.78 is 37.5. The molecule has 0 bridgehead atoms. The lowest BCUT2D eigenvalue weighted by Crippen LogP contribution is -2.64. The zero-order valence-corrected chi connectivity index (χ0v) is 20.9. The highest BCUT2D eigenvalue weighted by atomic mass is 28.5. The van der Waals surface area contributed by atoms with Crippen LogP contribution in [0.4, 0.5) is 0 Å². The highest BCUT2D eigenvalue weighted by Crippen LogP contribution is 2.32. The summed E-state index contributed by atoms with van der Waals surface area (Å²) in [4.78, 5) is 0. The summed E-state index contributed by atoms with van der Waals surface area (Å²) in [6.45, 7) is 20.1. The molecule has 24 heavy (non-hydrogen) atoms. The molecule has 142 valence electrons. The lowest BCUT2D eigenvalue weighted by molar-refractivity contribution is -0.0112. The average Bonchev–Trinajstić information content (AvgIpc) is 2.33. The van der Waals surface area contributed by atoms with E-state index in [1.54, 1.807) is 0 Å². The number of rotatable bonds is 6. The van der Waals surface area contributed by atoms with Crippen LogP contribution in [-0.4, -0.2) is 47.4 Å². The summed E-state index contributed by atoms with van der Waals surface area (Å²) in [7, 11) is -8.91. The van der Waals surface area contributed by atoms with Crippen molar-refractivity contribution >= 4 is 36.2 Å². The number of hydrogen-bond donors (Lipinski definition) is 0. The van der Waals surface area contributed by atoms with E-state index in [0.717, 1.165) is 12.8 Å².